The molecule has 2 aromatic carbocycles. The fourth-order valence-electron chi connectivity index (χ4n) is 5.84. The molecule has 0 aromatic heterocycles. The number of aryl methyl sites for hydroxylation is 2. The number of unbranched alkanes of at least 4 members (excludes halogenated alkanes) is 1. The van der Waals surface area contributed by atoms with E-state index in [4.69, 9.17) is 47.4 Å². The van der Waals surface area contributed by atoms with Crippen LogP contribution in [0.5, 0.6) is 0 Å². The van der Waals surface area contributed by atoms with Gasteiger partial charge >= 0.3 is 0 Å². The lowest BCUT2D eigenvalue weighted by Gasteiger charge is -2.19. The Morgan fingerprint density at radius 3 is 1.39 bits per heavy atom. The van der Waals surface area contributed by atoms with Gasteiger partial charge in [-0.3, -0.25) is 29.3 Å². The van der Waals surface area contributed by atoms with E-state index in [1.807, 2.05) is 42.5 Å². The number of methoxy groups -OCH3 is 2. The Hall–Kier alpha value is -4.41. The minimum atomic E-state index is -1.07. The number of amides is 5. The molecule has 4 N–H and O–H groups in total. The van der Waals surface area contributed by atoms with Crippen molar-refractivity contribution in [3.63, 3.8) is 0 Å². The summed E-state index contributed by atoms with van der Waals surface area (Å²) in [5.74, 6) is -2.59. The Bertz CT molecular complexity index is 1560. The van der Waals surface area contributed by atoms with Crippen LogP contribution in [-0.2, 0) is 90.6 Å². The standard InChI is InChI=1S/C47H74N4O15/c1-57-20-22-59-24-26-61-28-30-63-32-34-65-37-45(54)48-18-16-42(50-46(55)38-66-35-33-64-31-29-62-27-25-60-23-21-58-2)47(56)49-19-17-43(52)51-44(53)36-41-14-12-40(13-15-41)11-7-6-10-39-8-4-3-5-9-39/h3-5,8-9,12-15,42H,6-7,10-11,16-38H2,1-2H3,(H,48,54)(H,49,56)(H,50,55)(H,51,52,53)/t42-/m0/s1. The third kappa shape index (κ3) is 33.1. The van der Waals surface area contributed by atoms with Crippen LogP contribution in [-0.4, -0.2) is 182 Å². The topological polar surface area (TPSA) is 226 Å². The molecule has 0 aliphatic carbocycles. The van der Waals surface area contributed by atoms with Crippen molar-refractivity contribution in [3.05, 3.63) is 71.3 Å². The molecule has 0 radical (unpaired) electrons. The zero-order valence-corrected chi connectivity index (χ0v) is 39.0. The molecule has 5 amide bonds. The van der Waals surface area contributed by atoms with E-state index in [2.05, 4.69) is 33.4 Å². The summed E-state index contributed by atoms with van der Waals surface area (Å²) in [6.45, 7) is 5.43. The smallest absolute Gasteiger partial charge is 0.246 e. The summed E-state index contributed by atoms with van der Waals surface area (Å²) in [7, 11) is 3.21. The number of hydrogen-bond acceptors (Lipinski definition) is 15. The molecule has 0 saturated carbocycles. The van der Waals surface area contributed by atoms with Crippen LogP contribution in [0.4, 0.5) is 0 Å². The zero-order chi connectivity index (χ0) is 47.6. The number of ether oxygens (including phenoxy) is 10. The van der Waals surface area contributed by atoms with Crippen LogP contribution in [0.15, 0.2) is 54.6 Å². The predicted octanol–water partition coefficient (Wildman–Crippen LogP) is 1.36. The van der Waals surface area contributed by atoms with Gasteiger partial charge in [0, 0.05) is 33.7 Å². The van der Waals surface area contributed by atoms with E-state index in [-0.39, 0.29) is 72.0 Å². The summed E-state index contributed by atoms with van der Waals surface area (Å²) in [6.07, 6.45) is 4.00. The molecule has 19 nitrogen and oxygen atoms in total. The van der Waals surface area contributed by atoms with E-state index in [0.29, 0.717) is 79.3 Å². The maximum atomic E-state index is 13.2. The van der Waals surface area contributed by atoms with Gasteiger partial charge in [0.2, 0.25) is 29.5 Å². The van der Waals surface area contributed by atoms with Gasteiger partial charge in [0.05, 0.1) is 112 Å². The lowest BCUT2D eigenvalue weighted by Crippen LogP contribution is -2.50. The highest BCUT2D eigenvalue weighted by molar-refractivity contribution is 5.96. The lowest BCUT2D eigenvalue weighted by molar-refractivity contribution is -0.133. The SMILES string of the molecule is COCCOCCOCCOCCOCC(=O)NCC[C@H](NC(=O)COCCOCCOCCOCCOC)C(=O)NCCC(=O)NC(=O)Cc1ccc(CCCCc2ccccc2)cc1. The van der Waals surface area contributed by atoms with Gasteiger partial charge in [0.25, 0.3) is 0 Å². The Kier molecular flexibility index (Phi) is 35.7. The van der Waals surface area contributed by atoms with Crippen molar-refractivity contribution >= 4 is 29.5 Å². The van der Waals surface area contributed by atoms with Crippen LogP contribution in [0.25, 0.3) is 0 Å². The number of nitrogens with one attached hydrogen (secondary N) is 4. The minimum Gasteiger partial charge on any atom is -0.382 e. The van der Waals surface area contributed by atoms with Crippen molar-refractivity contribution in [1.29, 1.82) is 0 Å². The third-order valence-corrected chi connectivity index (χ3v) is 9.31. The molecule has 0 fully saturated rings. The van der Waals surface area contributed by atoms with Crippen LogP contribution in [0, 0.1) is 0 Å². The summed E-state index contributed by atoms with van der Waals surface area (Å²) < 4.78 is 52.9. The molecule has 0 bridgehead atoms. The van der Waals surface area contributed by atoms with Crippen molar-refractivity contribution < 1.29 is 71.3 Å². The second-order valence-electron chi connectivity index (χ2n) is 14.7. The molecular formula is C47H74N4O15. The number of hydrogen-bond donors (Lipinski definition) is 4. The van der Waals surface area contributed by atoms with E-state index < -0.39 is 35.6 Å². The summed E-state index contributed by atoms with van der Waals surface area (Å²) in [6, 6.07) is 17.1. The van der Waals surface area contributed by atoms with Crippen molar-refractivity contribution in [1.82, 2.24) is 21.3 Å². The highest BCUT2D eigenvalue weighted by Gasteiger charge is 2.21. The summed E-state index contributed by atoms with van der Waals surface area (Å²) in [4.78, 5) is 63.5. The van der Waals surface area contributed by atoms with Gasteiger partial charge in [-0.25, -0.2) is 0 Å². The van der Waals surface area contributed by atoms with Crippen LogP contribution in [0.3, 0.4) is 0 Å². The molecular weight excluding hydrogens is 861 g/mol. The summed E-state index contributed by atoms with van der Waals surface area (Å²) in [5.41, 5.74) is 3.29. The predicted molar refractivity (Wildman–Crippen MR) is 244 cm³/mol. The molecule has 0 aliphatic rings. The van der Waals surface area contributed by atoms with Crippen LogP contribution >= 0.6 is 0 Å². The second kappa shape index (κ2) is 40.8. The van der Waals surface area contributed by atoms with Gasteiger partial charge in [0.1, 0.15) is 19.3 Å². The molecule has 372 valence electrons. The number of rotatable bonds is 43. The van der Waals surface area contributed by atoms with Crippen molar-refractivity contribution in [2.45, 2.75) is 51.0 Å². The van der Waals surface area contributed by atoms with E-state index >= 15 is 0 Å². The van der Waals surface area contributed by atoms with Crippen LogP contribution in [0.1, 0.15) is 42.4 Å². The molecule has 0 spiro atoms. The molecule has 1 atom stereocenters. The Balaban J connectivity index is 1.69. The van der Waals surface area contributed by atoms with Gasteiger partial charge in [-0.1, -0.05) is 54.6 Å². The molecule has 2 rings (SSSR count). The number of carbonyl (C=O) groups is 5. The molecule has 19 heteroatoms. The van der Waals surface area contributed by atoms with Crippen molar-refractivity contribution in [2.75, 3.05) is 146 Å². The van der Waals surface area contributed by atoms with Gasteiger partial charge in [-0.2, -0.15) is 0 Å². The third-order valence-electron chi connectivity index (χ3n) is 9.31. The molecule has 0 aliphatic heterocycles. The first-order chi connectivity index (χ1) is 32.3. The number of carbonyl (C=O) groups excluding carboxylic acids is 5. The van der Waals surface area contributed by atoms with E-state index in [1.165, 1.54) is 11.1 Å². The first kappa shape index (κ1) is 57.7. The average molecular weight is 935 g/mol. The quantitative estimate of drug-likeness (QED) is 0.0690. The normalized spacial score (nSPS) is 11.5. The van der Waals surface area contributed by atoms with Crippen LogP contribution < -0.4 is 21.3 Å². The van der Waals surface area contributed by atoms with Crippen molar-refractivity contribution in [3.8, 4) is 0 Å². The van der Waals surface area contributed by atoms with E-state index in [1.54, 1.807) is 14.2 Å². The van der Waals surface area contributed by atoms with Gasteiger partial charge in [0.15, 0.2) is 0 Å². The molecule has 66 heavy (non-hydrogen) atoms. The highest BCUT2D eigenvalue weighted by atomic mass is 16.6. The average Bonchev–Trinajstić information content (AvgIpc) is 3.31. The zero-order valence-electron chi connectivity index (χ0n) is 39.0. The lowest BCUT2D eigenvalue weighted by atomic mass is 10.0. The van der Waals surface area contributed by atoms with Gasteiger partial charge < -0.3 is 63.3 Å². The maximum Gasteiger partial charge on any atom is 0.246 e. The molecule has 0 saturated heterocycles. The fraction of sp³-hybridized carbons (Fsp3) is 0.638. The summed E-state index contributed by atoms with van der Waals surface area (Å²) in [5, 5.41) is 10.3. The largest absolute Gasteiger partial charge is 0.382 e. The Morgan fingerprint density at radius 2 is 0.894 bits per heavy atom. The van der Waals surface area contributed by atoms with E-state index in [9.17, 15) is 24.0 Å². The minimum absolute atomic E-state index is 0.0293. The first-order valence-corrected chi connectivity index (χ1v) is 22.7. The summed E-state index contributed by atoms with van der Waals surface area (Å²) >= 11 is 0. The molecule has 0 unspecified atom stereocenters. The fourth-order valence-corrected chi connectivity index (χ4v) is 5.84. The molecule has 2 aromatic rings. The second-order valence-corrected chi connectivity index (χ2v) is 14.7. The van der Waals surface area contributed by atoms with Crippen molar-refractivity contribution in [2.24, 2.45) is 0 Å². The van der Waals surface area contributed by atoms with Gasteiger partial charge in [-0.05, 0) is 48.8 Å². The monoisotopic (exact) mass is 935 g/mol. The number of imide groups is 1. The van der Waals surface area contributed by atoms with Crippen LogP contribution in [0.2, 0.25) is 0 Å². The Labute approximate surface area is 389 Å². The van der Waals surface area contributed by atoms with Gasteiger partial charge in [-0.15, -0.1) is 0 Å². The highest BCUT2D eigenvalue weighted by Crippen LogP contribution is 2.11. The van der Waals surface area contributed by atoms with E-state index in [0.717, 1.165) is 31.2 Å². The Morgan fingerprint density at radius 1 is 0.455 bits per heavy atom. The number of benzene rings is 2. The maximum absolute atomic E-state index is 13.2. The molecule has 0 heterocycles. The first-order valence-electron chi connectivity index (χ1n) is 22.7.